The molecule has 1 atom stereocenters. The Bertz CT molecular complexity index is 347. The van der Waals surface area contributed by atoms with Gasteiger partial charge < -0.3 is 0 Å². The molecule has 0 aliphatic rings. The molecule has 0 bridgehead atoms. The molecule has 0 aliphatic heterocycles. The highest BCUT2D eigenvalue weighted by Gasteiger charge is 2.17. The van der Waals surface area contributed by atoms with E-state index in [4.69, 9.17) is 0 Å². The van der Waals surface area contributed by atoms with Gasteiger partial charge in [0.05, 0.1) is 4.83 Å². The first-order chi connectivity index (χ1) is 6.57. The first-order valence-corrected chi connectivity index (χ1v) is 6.53. The van der Waals surface area contributed by atoms with Crippen LogP contribution in [-0.4, -0.2) is 10.6 Å². The van der Waals surface area contributed by atoms with Crippen molar-refractivity contribution in [3.8, 4) is 0 Å². The van der Waals surface area contributed by atoms with Crippen molar-refractivity contribution in [1.29, 1.82) is 0 Å². The van der Waals surface area contributed by atoms with E-state index in [2.05, 4.69) is 45.4 Å². The van der Waals surface area contributed by atoms with Crippen molar-refractivity contribution in [2.24, 2.45) is 0 Å². The van der Waals surface area contributed by atoms with E-state index in [1.165, 1.54) is 0 Å². The van der Waals surface area contributed by atoms with Gasteiger partial charge in [0, 0.05) is 9.13 Å². The number of ketones is 1. The van der Waals surface area contributed by atoms with Gasteiger partial charge in [-0.2, -0.15) is 0 Å². The smallest absolute Gasteiger partial charge is 0.177 e. The summed E-state index contributed by atoms with van der Waals surface area (Å²) in [6.07, 6.45) is 0.900. The van der Waals surface area contributed by atoms with Crippen LogP contribution >= 0.6 is 38.5 Å². The second-order valence-corrected chi connectivity index (χ2v) is 5.64. The van der Waals surface area contributed by atoms with E-state index in [1.54, 1.807) is 0 Å². The standard InChI is InChI=1S/C11H12BrIO/c1-3-8-5-4-6-9(13)10(8)11(14)7(2)12/h4-7H,3H2,1-2H3. The minimum Gasteiger partial charge on any atom is -0.293 e. The van der Waals surface area contributed by atoms with E-state index in [9.17, 15) is 4.79 Å². The van der Waals surface area contributed by atoms with Crippen LogP contribution in [0.4, 0.5) is 0 Å². The van der Waals surface area contributed by atoms with Crippen molar-refractivity contribution in [1.82, 2.24) is 0 Å². The molecule has 0 spiro atoms. The number of carbonyl (C=O) groups is 1. The second kappa shape index (κ2) is 5.26. The summed E-state index contributed by atoms with van der Waals surface area (Å²) in [5.74, 6) is 0.173. The fourth-order valence-electron chi connectivity index (χ4n) is 1.34. The summed E-state index contributed by atoms with van der Waals surface area (Å²) in [5, 5.41) is 0. The van der Waals surface area contributed by atoms with Crippen molar-refractivity contribution in [2.75, 3.05) is 0 Å². The lowest BCUT2D eigenvalue weighted by molar-refractivity contribution is 0.0994. The summed E-state index contributed by atoms with van der Waals surface area (Å²) in [6, 6.07) is 5.99. The third kappa shape index (κ3) is 2.57. The van der Waals surface area contributed by atoms with Gasteiger partial charge >= 0.3 is 0 Å². The van der Waals surface area contributed by atoms with Crippen LogP contribution in [0.5, 0.6) is 0 Å². The molecule has 0 saturated heterocycles. The first kappa shape index (κ1) is 12.2. The zero-order chi connectivity index (χ0) is 10.7. The van der Waals surface area contributed by atoms with E-state index >= 15 is 0 Å². The highest BCUT2D eigenvalue weighted by Crippen LogP contribution is 2.21. The van der Waals surface area contributed by atoms with Gasteiger partial charge in [-0.1, -0.05) is 35.0 Å². The number of hydrogen-bond acceptors (Lipinski definition) is 1. The Morgan fingerprint density at radius 1 is 1.57 bits per heavy atom. The topological polar surface area (TPSA) is 17.1 Å². The fraction of sp³-hybridized carbons (Fsp3) is 0.364. The van der Waals surface area contributed by atoms with E-state index in [0.29, 0.717) is 0 Å². The van der Waals surface area contributed by atoms with Gasteiger partial charge in [-0.05, 0) is 47.6 Å². The minimum absolute atomic E-state index is 0.108. The zero-order valence-corrected chi connectivity index (χ0v) is 11.9. The van der Waals surface area contributed by atoms with Gasteiger partial charge in [0.2, 0.25) is 0 Å². The Morgan fingerprint density at radius 2 is 2.21 bits per heavy atom. The number of aryl methyl sites for hydroxylation is 1. The zero-order valence-electron chi connectivity index (χ0n) is 8.18. The lowest BCUT2D eigenvalue weighted by Gasteiger charge is -2.10. The molecule has 1 aromatic rings. The molecule has 0 amide bonds. The molecule has 0 heterocycles. The van der Waals surface area contributed by atoms with Crippen LogP contribution in [0.2, 0.25) is 0 Å². The maximum atomic E-state index is 11.9. The summed E-state index contributed by atoms with van der Waals surface area (Å²) < 4.78 is 1.04. The van der Waals surface area contributed by atoms with Gasteiger partial charge in [-0.15, -0.1) is 0 Å². The highest BCUT2D eigenvalue weighted by molar-refractivity contribution is 14.1. The number of alkyl halides is 1. The quantitative estimate of drug-likeness (QED) is 0.451. The monoisotopic (exact) mass is 366 g/mol. The third-order valence-electron chi connectivity index (χ3n) is 2.09. The molecule has 76 valence electrons. The van der Waals surface area contributed by atoms with E-state index in [-0.39, 0.29) is 10.6 Å². The van der Waals surface area contributed by atoms with Crippen molar-refractivity contribution in [3.05, 3.63) is 32.9 Å². The maximum Gasteiger partial charge on any atom is 0.177 e. The summed E-state index contributed by atoms with van der Waals surface area (Å²) >= 11 is 5.54. The summed E-state index contributed by atoms with van der Waals surface area (Å²) in [7, 11) is 0. The minimum atomic E-state index is -0.108. The van der Waals surface area contributed by atoms with E-state index in [0.717, 1.165) is 21.1 Å². The predicted molar refractivity (Wildman–Crippen MR) is 71.3 cm³/mol. The molecule has 1 aromatic carbocycles. The Kier molecular flexibility index (Phi) is 4.57. The third-order valence-corrected chi connectivity index (χ3v) is 3.40. The van der Waals surface area contributed by atoms with Crippen LogP contribution in [-0.2, 0) is 6.42 Å². The van der Waals surface area contributed by atoms with Crippen molar-refractivity contribution in [3.63, 3.8) is 0 Å². The van der Waals surface area contributed by atoms with E-state index < -0.39 is 0 Å². The van der Waals surface area contributed by atoms with Gasteiger partial charge in [0.1, 0.15) is 0 Å². The van der Waals surface area contributed by atoms with Crippen LogP contribution in [0.25, 0.3) is 0 Å². The van der Waals surface area contributed by atoms with Crippen LogP contribution in [0.15, 0.2) is 18.2 Å². The number of rotatable bonds is 3. The summed E-state index contributed by atoms with van der Waals surface area (Å²) in [5.41, 5.74) is 2.01. The number of hydrogen-bond donors (Lipinski definition) is 0. The number of halogens is 2. The molecule has 1 rings (SSSR count). The van der Waals surface area contributed by atoms with Crippen molar-refractivity contribution < 1.29 is 4.79 Å². The average molecular weight is 367 g/mol. The van der Waals surface area contributed by atoms with E-state index in [1.807, 2.05) is 25.1 Å². The van der Waals surface area contributed by atoms with Crippen LogP contribution in [0.3, 0.4) is 0 Å². The Hall–Kier alpha value is 0.1000. The molecular weight excluding hydrogens is 355 g/mol. The average Bonchev–Trinajstić information content (AvgIpc) is 2.16. The first-order valence-electron chi connectivity index (χ1n) is 4.53. The molecule has 0 N–H and O–H groups in total. The lowest BCUT2D eigenvalue weighted by Crippen LogP contribution is -2.14. The van der Waals surface area contributed by atoms with Gasteiger partial charge in [0.15, 0.2) is 5.78 Å². The molecule has 0 radical (unpaired) electrons. The van der Waals surface area contributed by atoms with Crippen LogP contribution in [0, 0.1) is 3.57 Å². The fourth-order valence-corrected chi connectivity index (χ4v) is 2.39. The molecule has 14 heavy (non-hydrogen) atoms. The molecule has 3 heteroatoms. The highest BCUT2D eigenvalue weighted by atomic mass is 127. The SMILES string of the molecule is CCc1cccc(I)c1C(=O)C(C)Br. The Morgan fingerprint density at radius 3 is 2.71 bits per heavy atom. The van der Waals surface area contributed by atoms with Gasteiger partial charge in [-0.25, -0.2) is 0 Å². The number of Topliss-reactive ketones (excluding diaryl/α,β-unsaturated/α-hetero) is 1. The summed E-state index contributed by atoms with van der Waals surface area (Å²) in [4.78, 5) is 11.8. The van der Waals surface area contributed by atoms with Gasteiger partial charge in [0.25, 0.3) is 0 Å². The molecule has 0 fully saturated rings. The van der Waals surface area contributed by atoms with Crippen LogP contribution in [0.1, 0.15) is 29.8 Å². The summed E-state index contributed by atoms with van der Waals surface area (Å²) in [6.45, 7) is 3.94. The second-order valence-electron chi connectivity index (χ2n) is 3.11. The molecule has 0 saturated carbocycles. The number of carbonyl (C=O) groups excluding carboxylic acids is 1. The number of benzene rings is 1. The molecule has 1 unspecified atom stereocenters. The molecule has 0 aliphatic carbocycles. The van der Waals surface area contributed by atoms with Crippen molar-refractivity contribution >= 4 is 44.3 Å². The molecule has 1 nitrogen and oxygen atoms in total. The lowest BCUT2D eigenvalue weighted by atomic mass is 10.0. The maximum absolute atomic E-state index is 11.9. The molecular formula is C11H12BrIO. The van der Waals surface area contributed by atoms with Crippen molar-refractivity contribution in [2.45, 2.75) is 25.1 Å². The van der Waals surface area contributed by atoms with Gasteiger partial charge in [-0.3, -0.25) is 4.79 Å². The molecule has 0 aromatic heterocycles. The predicted octanol–water partition coefficient (Wildman–Crippen LogP) is 3.82. The normalized spacial score (nSPS) is 12.6. The Labute approximate surface area is 107 Å². The van der Waals surface area contributed by atoms with Crippen LogP contribution < -0.4 is 0 Å². The Balaban J connectivity index is 3.23. The largest absolute Gasteiger partial charge is 0.293 e.